The molecule has 1 fully saturated rings. The van der Waals surface area contributed by atoms with Gasteiger partial charge in [0.1, 0.15) is 0 Å². The molecular formula is C16H24N2O2. The third-order valence-corrected chi connectivity index (χ3v) is 4.38. The van der Waals surface area contributed by atoms with Crippen molar-refractivity contribution < 1.29 is 9.47 Å². The molecule has 0 radical (unpaired) electrons. The number of ether oxygens (including phenoxy) is 2. The first-order valence-corrected chi connectivity index (χ1v) is 7.59. The van der Waals surface area contributed by atoms with E-state index in [0.29, 0.717) is 6.61 Å². The Balaban J connectivity index is 1.67. The normalized spacial score (nSPS) is 20.4. The van der Waals surface area contributed by atoms with Crippen LogP contribution in [0.3, 0.4) is 0 Å². The molecule has 1 aromatic rings. The van der Waals surface area contributed by atoms with Crippen LogP contribution in [0.5, 0.6) is 11.5 Å². The summed E-state index contributed by atoms with van der Waals surface area (Å²) in [6.07, 6.45) is 4.91. The molecule has 110 valence electrons. The fraction of sp³-hybridized carbons (Fsp3) is 0.625. The molecule has 0 aromatic heterocycles. The fourth-order valence-electron chi connectivity index (χ4n) is 2.80. The second kappa shape index (κ2) is 6.02. The van der Waals surface area contributed by atoms with Crippen LogP contribution in [0, 0.1) is 0 Å². The molecule has 0 saturated heterocycles. The van der Waals surface area contributed by atoms with Gasteiger partial charge in [0.2, 0.25) is 0 Å². The lowest BCUT2D eigenvalue weighted by Crippen LogP contribution is -2.41. The third-order valence-electron chi connectivity index (χ3n) is 4.38. The zero-order valence-corrected chi connectivity index (χ0v) is 12.2. The SMILES string of the molecule is CN(CC(N)c1ccc2c(c1)OCCCO2)C1CCC1. The Morgan fingerprint density at radius 2 is 1.95 bits per heavy atom. The van der Waals surface area contributed by atoms with Crippen molar-refractivity contribution in [3.63, 3.8) is 0 Å². The first kappa shape index (κ1) is 13.7. The smallest absolute Gasteiger partial charge is 0.161 e. The molecule has 1 aliphatic carbocycles. The second-order valence-electron chi connectivity index (χ2n) is 5.89. The van der Waals surface area contributed by atoms with E-state index in [-0.39, 0.29) is 6.04 Å². The maximum atomic E-state index is 6.35. The van der Waals surface area contributed by atoms with E-state index >= 15 is 0 Å². The Morgan fingerprint density at radius 1 is 1.20 bits per heavy atom. The van der Waals surface area contributed by atoms with Crippen molar-refractivity contribution in [1.82, 2.24) is 4.90 Å². The summed E-state index contributed by atoms with van der Waals surface area (Å²) >= 11 is 0. The average molecular weight is 276 g/mol. The highest BCUT2D eigenvalue weighted by molar-refractivity contribution is 5.44. The second-order valence-corrected chi connectivity index (χ2v) is 5.89. The van der Waals surface area contributed by atoms with Crippen molar-refractivity contribution in [1.29, 1.82) is 0 Å². The molecule has 1 aliphatic heterocycles. The Bertz CT molecular complexity index is 460. The molecule has 1 unspecified atom stereocenters. The van der Waals surface area contributed by atoms with Gasteiger partial charge in [-0.2, -0.15) is 0 Å². The lowest BCUT2D eigenvalue weighted by molar-refractivity contribution is 0.151. The molecule has 4 heteroatoms. The van der Waals surface area contributed by atoms with Gasteiger partial charge >= 0.3 is 0 Å². The predicted molar refractivity (Wildman–Crippen MR) is 79.2 cm³/mol. The van der Waals surface area contributed by atoms with E-state index in [2.05, 4.69) is 18.0 Å². The van der Waals surface area contributed by atoms with Crippen molar-refractivity contribution in [2.45, 2.75) is 37.8 Å². The van der Waals surface area contributed by atoms with Crippen LogP contribution in [-0.2, 0) is 0 Å². The van der Waals surface area contributed by atoms with Crippen LogP contribution in [0.2, 0.25) is 0 Å². The minimum Gasteiger partial charge on any atom is -0.490 e. The predicted octanol–water partition coefficient (Wildman–Crippen LogP) is 2.33. The van der Waals surface area contributed by atoms with Crippen molar-refractivity contribution in [2.75, 3.05) is 26.8 Å². The monoisotopic (exact) mass is 276 g/mol. The molecule has 1 atom stereocenters. The van der Waals surface area contributed by atoms with Crippen LogP contribution in [0.25, 0.3) is 0 Å². The van der Waals surface area contributed by atoms with Crippen LogP contribution >= 0.6 is 0 Å². The van der Waals surface area contributed by atoms with Crippen molar-refractivity contribution in [3.8, 4) is 11.5 Å². The number of nitrogens with zero attached hydrogens (tertiary/aromatic N) is 1. The fourth-order valence-corrected chi connectivity index (χ4v) is 2.80. The number of fused-ring (bicyclic) bond motifs is 1. The van der Waals surface area contributed by atoms with Crippen LogP contribution in [-0.4, -0.2) is 37.7 Å². The molecule has 0 bridgehead atoms. The van der Waals surface area contributed by atoms with Crippen LogP contribution in [0.4, 0.5) is 0 Å². The topological polar surface area (TPSA) is 47.7 Å². The van der Waals surface area contributed by atoms with Gasteiger partial charge in [-0.3, -0.25) is 0 Å². The third kappa shape index (κ3) is 2.91. The molecule has 3 rings (SSSR count). The van der Waals surface area contributed by atoms with E-state index < -0.39 is 0 Å². The van der Waals surface area contributed by atoms with E-state index in [0.717, 1.165) is 42.7 Å². The molecule has 1 aromatic carbocycles. The minimum atomic E-state index is 0.0257. The number of rotatable bonds is 4. The van der Waals surface area contributed by atoms with Gasteiger partial charge in [0.25, 0.3) is 0 Å². The van der Waals surface area contributed by atoms with E-state index in [1.807, 2.05) is 12.1 Å². The van der Waals surface area contributed by atoms with Crippen LogP contribution in [0.1, 0.15) is 37.3 Å². The maximum absolute atomic E-state index is 6.35. The molecular weight excluding hydrogens is 252 g/mol. The summed E-state index contributed by atoms with van der Waals surface area (Å²) < 4.78 is 11.4. The molecule has 4 nitrogen and oxygen atoms in total. The Kier molecular flexibility index (Phi) is 4.13. The van der Waals surface area contributed by atoms with E-state index in [1.165, 1.54) is 19.3 Å². The summed E-state index contributed by atoms with van der Waals surface area (Å²) in [6, 6.07) is 6.84. The summed E-state index contributed by atoms with van der Waals surface area (Å²) in [6.45, 7) is 2.33. The molecule has 2 aliphatic rings. The number of hydrogen-bond acceptors (Lipinski definition) is 4. The summed E-state index contributed by atoms with van der Waals surface area (Å²) in [7, 11) is 2.17. The Labute approximate surface area is 120 Å². The largest absolute Gasteiger partial charge is 0.490 e. The number of hydrogen-bond donors (Lipinski definition) is 1. The first-order valence-electron chi connectivity index (χ1n) is 7.59. The van der Waals surface area contributed by atoms with Gasteiger partial charge in [-0.05, 0) is 37.6 Å². The van der Waals surface area contributed by atoms with Gasteiger partial charge in [0, 0.05) is 25.0 Å². The molecule has 0 spiro atoms. The highest BCUT2D eigenvalue weighted by atomic mass is 16.5. The van der Waals surface area contributed by atoms with Crippen molar-refractivity contribution in [2.24, 2.45) is 5.73 Å². The summed E-state index contributed by atoms with van der Waals surface area (Å²) in [5, 5.41) is 0. The lowest BCUT2D eigenvalue weighted by atomic mass is 9.91. The van der Waals surface area contributed by atoms with E-state index in [4.69, 9.17) is 15.2 Å². The van der Waals surface area contributed by atoms with Gasteiger partial charge in [0.15, 0.2) is 11.5 Å². The summed E-state index contributed by atoms with van der Waals surface area (Å²) in [4.78, 5) is 2.39. The Morgan fingerprint density at radius 3 is 2.65 bits per heavy atom. The maximum Gasteiger partial charge on any atom is 0.161 e. The highest BCUT2D eigenvalue weighted by Gasteiger charge is 2.24. The quantitative estimate of drug-likeness (QED) is 0.917. The van der Waals surface area contributed by atoms with Crippen molar-refractivity contribution in [3.05, 3.63) is 23.8 Å². The zero-order valence-electron chi connectivity index (χ0n) is 12.2. The molecule has 1 heterocycles. The minimum absolute atomic E-state index is 0.0257. The van der Waals surface area contributed by atoms with E-state index in [1.54, 1.807) is 0 Å². The Hall–Kier alpha value is -1.26. The summed E-state index contributed by atoms with van der Waals surface area (Å²) in [5.74, 6) is 1.67. The van der Waals surface area contributed by atoms with Crippen molar-refractivity contribution >= 4 is 0 Å². The average Bonchev–Trinajstić information content (AvgIpc) is 2.60. The lowest BCUT2D eigenvalue weighted by Gasteiger charge is -2.36. The van der Waals surface area contributed by atoms with Gasteiger partial charge in [-0.25, -0.2) is 0 Å². The van der Waals surface area contributed by atoms with Gasteiger partial charge in [0.05, 0.1) is 13.2 Å². The number of likely N-dealkylation sites (N-methyl/N-ethyl adjacent to an activating group) is 1. The molecule has 20 heavy (non-hydrogen) atoms. The molecule has 0 amide bonds. The molecule has 2 N–H and O–H groups in total. The van der Waals surface area contributed by atoms with Gasteiger partial charge in [-0.15, -0.1) is 0 Å². The standard InChI is InChI=1S/C16H24N2O2/c1-18(13-4-2-5-13)11-14(17)12-6-7-15-16(10-12)20-9-3-8-19-15/h6-7,10,13-14H,2-5,8-9,11,17H2,1H3. The van der Waals surface area contributed by atoms with Gasteiger partial charge in [-0.1, -0.05) is 12.5 Å². The summed E-state index contributed by atoms with van der Waals surface area (Å²) in [5.41, 5.74) is 7.47. The number of nitrogens with two attached hydrogens (primary N) is 1. The highest BCUT2D eigenvalue weighted by Crippen LogP contribution is 2.32. The zero-order chi connectivity index (χ0) is 13.9. The van der Waals surface area contributed by atoms with Crippen LogP contribution < -0.4 is 15.2 Å². The first-order chi connectivity index (χ1) is 9.74. The number of benzene rings is 1. The van der Waals surface area contributed by atoms with Gasteiger partial charge < -0.3 is 20.1 Å². The van der Waals surface area contributed by atoms with Crippen LogP contribution in [0.15, 0.2) is 18.2 Å². The molecule has 1 saturated carbocycles. The van der Waals surface area contributed by atoms with E-state index in [9.17, 15) is 0 Å².